The molecule has 1 unspecified atom stereocenters. The Labute approximate surface area is 128 Å². The van der Waals surface area contributed by atoms with Crippen molar-refractivity contribution in [1.29, 1.82) is 0 Å². The van der Waals surface area contributed by atoms with E-state index in [1.165, 1.54) is 4.88 Å². The smallest absolute Gasteiger partial charge is 0.223 e. The highest BCUT2D eigenvalue weighted by atomic mass is 32.1. The molecule has 1 aromatic heterocycles. The number of carbonyl (C=O) groups is 1. The summed E-state index contributed by atoms with van der Waals surface area (Å²) in [6, 6.07) is 11.4. The first-order valence-corrected chi connectivity index (χ1v) is 7.88. The number of nitrogens with one attached hydrogen (secondary N) is 1. The molecule has 112 valence electrons. The van der Waals surface area contributed by atoms with Crippen LogP contribution in [0, 0.1) is 0 Å². The molecular weight excluding hydrogens is 284 g/mol. The molecule has 21 heavy (non-hydrogen) atoms. The standard InChI is InChI=1S/C16H20N2O2S/c1-2-13(15-8-5-11-21-15)18-16(19)9-10-20-14-7-4-3-6-12(14)17/h3-8,11,13H,2,9-10,17H2,1H3,(H,18,19). The molecule has 1 amide bonds. The van der Waals surface area contributed by atoms with Crippen molar-refractivity contribution in [1.82, 2.24) is 5.32 Å². The van der Waals surface area contributed by atoms with E-state index >= 15 is 0 Å². The van der Waals surface area contributed by atoms with Gasteiger partial charge in [-0.1, -0.05) is 25.1 Å². The van der Waals surface area contributed by atoms with Crippen LogP contribution in [-0.2, 0) is 4.79 Å². The zero-order valence-electron chi connectivity index (χ0n) is 12.0. The average molecular weight is 304 g/mol. The van der Waals surface area contributed by atoms with Gasteiger partial charge in [-0.05, 0) is 30.0 Å². The molecule has 5 heteroatoms. The quantitative estimate of drug-likeness (QED) is 0.771. The number of rotatable bonds is 7. The maximum Gasteiger partial charge on any atom is 0.223 e. The third-order valence-corrected chi connectivity index (χ3v) is 4.12. The average Bonchev–Trinajstić information content (AvgIpc) is 3.01. The van der Waals surface area contributed by atoms with E-state index in [0.717, 1.165) is 6.42 Å². The second kappa shape index (κ2) is 7.69. The Kier molecular flexibility index (Phi) is 5.63. The summed E-state index contributed by atoms with van der Waals surface area (Å²) in [6.45, 7) is 2.38. The Morgan fingerprint density at radius 1 is 1.33 bits per heavy atom. The molecule has 0 saturated carbocycles. The second-order valence-electron chi connectivity index (χ2n) is 4.68. The first-order chi connectivity index (χ1) is 10.2. The zero-order chi connectivity index (χ0) is 15.1. The number of carbonyl (C=O) groups excluding carboxylic acids is 1. The highest BCUT2D eigenvalue weighted by molar-refractivity contribution is 7.10. The molecule has 0 fully saturated rings. The predicted octanol–water partition coefficient (Wildman–Crippen LogP) is 3.37. The van der Waals surface area contributed by atoms with Crippen LogP contribution in [0.1, 0.15) is 30.7 Å². The molecule has 0 radical (unpaired) electrons. The molecule has 3 N–H and O–H groups in total. The Morgan fingerprint density at radius 3 is 2.81 bits per heavy atom. The molecule has 4 nitrogen and oxygen atoms in total. The summed E-state index contributed by atoms with van der Waals surface area (Å²) < 4.78 is 5.53. The maximum atomic E-state index is 12.0. The van der Waals surface area contributed by atoms with E-state index in [4.69, 9.17) is 10.5 Å². The van der Waals surface area contributed by atoms with Gasteiger partial charge in [-0.3, -0.25) is 4.79 Å². The van der Waals surface area contributed by atoms with Crippen molar-refractivity contribution in [3.8, 4) is 5.75 Å². The van der Waals surface area contributed by atoms with Crippen molar-refractivity contribution in [2.24, 2.45) is 0 Å². The molecule has 0 spiro atoms. The predicted molar refractivity (Wildman–Crippen MR) is 86.5 cm³/mol. The summed E-state index contributed by atoms with van der Waals surface area (Å²) in [5.41, 5.74) is 6.37. The molecule has 0 aliphatic carbocycles. The molecule has 1 aromatic carbocycles. The van der Waals surface area contributed by atoms with Crippen molar-refractivity contribution in [3.05, 3.63) is 46.7 Å². The number of hydrogen-bond acceptors (Lipinski definition) is 4. The lowest BCUT2D eigenvalue weighted by molar-refractivity contribution is -0.122. The van der Waals surface area contributed by atoms with Gasteiger partial charge >= 0.3 is 0 Å². The lowest BCUT2D eigenvalue weighted by Gasteiger charge is -2.15. The number of ether oxygens (including phenoxy) is 1. The Bertz CT molecular complexity index is 569. The third kappa shape index (κ3) is 4.49. The van der Waals surface area contributed by atoms with E-state index in [-0.39, 0.29) is 11.9 Å². The molecule has 1 atom stereocenters. The van der Waals surface area contributed by atoms with Crippen LogP contribution in [0.3, 0.4) is 0 Å². The summed E-state index contributed by atoms with van der Waals surface area (Å²) >= 11 is 1.66. The van der Waals surface area contributed by atoms with Crippen LogP contribution in [-0.4, -0.2) is 12.5 Å². The SMILES string of the molecule is CCC(NC(=O)CCOc1ccccc1N)c1cccs1. The van der Waals surface area contributed by atoms with Gasteiger partial charge in [0.05, 0.1) is 24.8 Å². The highest BCUT2D eigenvalue weighted by Crippen LogP contribution is 2.22. The maximum absolute atomic E-state index is 12.0. The molecule has 0 bridgehead atoms. The van der Waals surface area contributed by atoms with E-state index in [9.17, 15) is 4.79 Å². The number of nitrogens with two attached hydrogens (primary N) is 1. The minimum atomic E-state index is -0.00949. The second-order valence-corrected chi connectivity index (χ2v) is 5.66. The van der Waals surface area contributed by atoms with Gasteiger partial charge in [0, 0.05) is 4.88 Å². The number of thiophene rings is 1. The number of nitrogen functional groups attached to an aromatic ring is 1. The van der Waals surface area contributed by atoms with Crippen LogP contribution < -0.4 is 15.8 Å². The van der Waals surface area contributed by atoms with Crippen LogP contribution in [0.4, 0.5) is 5.69 Å². The largest absolute Gasteiger partial charge is 0.491 e. The summed E-state index contributed by atoms with van der Waals surface area (Å²) in [5, 5.41) is 5.05. The molecule has 1 heterocycles. The van der Waals surface area contributed by atoms with E-state index in [0.29, 0.717) is 24.5 Å². The third-order valence-electron chi connectivity index (χ3n) is 3.14. The van der Waals surface area contributed by atoms with Crippen molar-refractivity contribution in [2.75, 3.05) is 12.3 Å². The number of benzene rings is 1. The van der Waals surface area contributed by atoms with Crippen LogP contribution >= 0.6 is 11.3 Å². The van der Waals surface area contributed by atoms with Gasteiger partial charge in [-0.25, -0.2) is 0 Å². The molecule has 2 aromatic rings. The Balaban J connectivity index is 1.78. The number of amides is 1. The number of anilines is 1. The van der Waals surface area contributed by atoms with Gasteiger partial charge in [0.1, 0.15) is 5.75 Å². The Morgan fingerprint density at radius 2 is 2.14 bits per heavy atom. The molecule has 2 rings (SSSR count). The number of hydrogen-bond donors (Lipinski definition) is 2. The van der Waals surface area contributed by atoms with Crippen LogP contribution in [0.15, 0.2) is 41.8 Å². The van der Waals surface area contributed by atoms with Gasteiger partial charge < -0.3 is 15.8 Å². The highest BCUT2D eigenvalue weighted by Gasteiger charge is 2.13. The first-order valence-electron chi connectivity index (χ1n) is 7.00. The van der Waals surface area contributed by atoms with Gasteiger partial charge in [0.15, 0.2) is 0 Å². The van der Waals surface area contributed by atoms with E-state index in [2.05, 4.69) is 12.2 Å². The van der Waals surface area contributed by atoms with Crippen LogP contribution in [0.25, 0.3) is 0 Å². The fourth-order valence-electron chi connectivity index (χ4n) is 2.00. The van der Waals surface area contributed by atoms with Gasteiger partial charge in [-0.15, -0.1) is 11.3 Å². The van der Waals surface area contributed by atoms with Crippen molar-refractivity contribution in [2.45, 2.75) is 25.8 Å². The first kappa shape index (κ1) is 15.4. The molecular formula is C16H20N2O2S. The molecule has 0 aliphatic rings. The van der Waals surface area contributed by atoms with Crippen molar-refractivity contribution >= 4 is 22.9 Å². The van der Waals surface area contributed by atoms with E-state index in [1.54, 1.807) is 23.5 Å². The topological polar surface area (TPSA) is 64.3 Å². The van der Waals surface area contributed by atoms with Gasteiger partial charge in [0.2, 0.25) is 5.91 Å². The van der Waals surface area contributed by atoms with Gasteiger partial charge in [-0.2, -0.15) is 0 Å². The summed E-state index contributed by atoms with van der Waals surface area (Å²) in [7, 11) is 0. The van der Waals surface area contributed by atoms with Crippen molar-refractivity contribution in [3.63, 3.8) is 0 Å². The normalized spacial score (nSPS) is 11.9. The minimum absolute atomic E-state index is 0.00949. The van der Waals surface area contributed by atoms with Crippen LogP contribution in [0.2, 0.25) is 0 Å². The zero-order valence-corrected chi connectivity index (χ0v) is 12.9. The summed E-state index contributed by atoms with van der Waals surface area (Å²) in [5.74, 6) is 0.611. The van der Waals surface area contributed by atoms with Crippen molar-refractivity contribution < 1.29 is 9.53 Å². The minimum Gasteiger partial charge on any atom is -0.491 e. The fourth-order valence-corrected chi connectivity index (χ4v) is 2.86. The monoisotopic (exact) mass is 304 g/mol. The lowest BCUT2D eigenvalue weighted by atomic mass is 10.2. The van der Waals surface area contributed by atoms with E-state index < -0.39 is 0 Å². The fraction of sp³-hybridized carbons (Fsp3) is 0.312. The van der Waals surface area contributed by atoms with Gasteiger partial charge in [0.25, 0.3) is 0 Å². The summed E-state index contributed by atoms with van der Waals surface area (Å²) in [6.07, 6.45) is 1.19. The molecule has 0 aliphatic heterocycles. The number of para-hydroxylation sites is 2. The lowest BCUT2D eigenvalue weighted by Crippen LogP contribution is -2.28. The van der Waals surface area contributed by atoms with E-state index in [1.807, 2.05) is 29.6 Å². The molecule has 0 saturated heterocycles. The van der Waals surface area contributed by atoms with Crippen LogP contribution in [0.5, 0.6) is 5.75 Å². The Hall–Kier alpha value is -2.01. The summed E-state index contributed by atoms with van der Waals surface area (Å²) in [4.78, 5) is 13.1.